The first-order chi connectivity index (χ1) is 16.5. The number of carbonyl (C=O) groups excluding carboxylic acids is 3. The van der Waals surface area contributed by atoms with E-state index in [1.54, 1.807) is 29.2 Å². The number of methoxy groups -OCH3 is 1. The van der Waals surface area contributed by atoms with Crippen molar-refractivity contribution in [1.29, 1.82) is 0 Å². The molecule has 2 aromatic carbocycles. The summed E-state index contributed by atoms with van der Waals surface area (Å²) in [6, 6.07) is 15.3. The third-order valence-electron chi connectivity index (χ3n) is 7.34. The van der Waals surface area contributed by atoms with Crippen LogP contribution in [0.1, 0.15) is 53.4 Å². The van der Waals surface area contributed by atoms with Gasteiger partial charge in [0.15, 0.2) is 6.23 Å². The molecule has 0 spiro atoms. The number of benzene rings is 2. The molecule has 2 aromatic rings. The van der Waals surface area contributed by atoms with Crippen LogP contribution in [-0.4, -0.2) is 58.1 Å². The van der Waals surface area contributed by atoms with Crippen LogP contribution in [0.25, 0.3) is 0 Å². The molecular weight excluding hydrogens is 436 g/mol. The first-order valence-corrected chi connectivity index (χ1v) is 11.7. The first kappa shape index (κ1) is 22.4. The van der Waals surface area contributed by atoms with Crippen LogP contribution in [0.15, 0.2) is 54.6 Å². The molecule has 0 radical (unpaired) electrons. The van der Waals surface area contributed by atoms with Crippen molar-refractivity contribution < 1.29 is 29.0 Å². The van der Waals surface area contributed by atoms with Gasteiger partial charge in [-0.25, -0.2) is 9.59 Å². The second-order valence-corrected chi connectivity index (χ2v) is 9.21. The van der Waals surface area contributed by atoms with Crippen molar-refractivity contribution >= 4 is 18.0 Å². The first-order valence-electron chi connectivity index (χ1n) is 11.7. The van der Waals surface area contributed by atoms with Crippen molar-refractivity contribution in [2.45, 2.75) is 56.6 Å². The SMILES string of the molecule is COC(=O)C(C1CC2CCC(C1)N2C(=O)OCc1ccccc1)N1C(=O)c2ccccc2C1O. The van der Waals surface area contributed by atoms with Gasteiger partial charge in [0.05, 0.1) is 7.11 Å². The molecule has 1 N–H and O–H groups in total. The van der Waals surface area contributed by atoms with E-state index in [2.05, 4.69) is 0 Å². The quantitative estimate of drug-likeness (QED) is 0.683. The molecule has 4 unspecified atom stereocenters. The Kier molecular flexibility index (Phi) is 6.00. The lowest BCUT2D eigenvalue weighted by molar-refractivity contribution is -0.153. The number of amides is 2. The molecule has 4 atom stereocenters. The summed E-state index contributed by atoms with van der Waals surface area (Å²) in [5.41, 5.74) is 1.81. The minimum atomic E-state index is -1.21. The topological polar surface area (TPSA) is 96.4 Å². The minimum Gasteiger partial charge on any atom is -0.467 e. The Morgan fingerprint density at radius 1 is 1.03 bits per heavy atom. The average Bonchev–Trinajstić information content (AvgIpc) is 3.28. The Morgan fingerprint density at radius 3 is 2.32 bits per heavy atom. The molecule has 34 heavy (non-hydrogen) atoms. The summed E-state index contributed by atoms with van der Waals surface area (Å²) in [5.74, 6) is -1.17. The maximum atomic E-state index is 13.2. The minimum absolute atomic E-state index is 0.0867. The molecule has 3 heterocycles. The fourth-order valence-corrected chi connectivity index (χ4v) is 5.82. The standard InChI is InChI=1S/C26H28N2O6/c1-33-25(31)22(28-23(29)20-9-5-6-10-21(20)24(28)30)17-13-18-11-12-19(14-17)27(18)26(32)34-15-16-7-3-2-4-8-16/h2-10,17-19,22-23,29H,11-15H2,1H3. The van der Waals surface area contributed by atoms with Gasteiger partial charge < -0.3 is 19.5 Å². The molecule has 2 bridgehead atoms. The fourth-order valence-electron chi connectivity index (χ4n) is 5.82. The summed E-state index contributed by atoms with van der Waals surface area (Å²) < 4.78 is 10.7. The predicted molar refractivity (Wildman–Crippen MR) is 121 cm³/mol. The van der Waals surface area contributed by atoms with Gasteiger partial charge in [0, 0.05) is 23.2 Å². The number of piperidine rings is 1. The van der Waals surface area contributed by atoms with Crippen LogP contribution < -0.4 is 0 Å². The Labute approximate surface area is 198 Å². The van der Waals surface area contributed by atoms with Crippen molar-refractivity contribution in [2.75, 3.05) is 7.11 Å². The zero-order valence-corrected chi connectivity index (χ0v) is 19.0. The summed E-state index contributed by atoms with van der Waals surface area (Å²) in [6.45, 7) is 0.205. The van der Waals surface area contributed by atoms with Gasteiger partial charge in [0.1, 0.15) is 12.6 Å². The van der Waals surface area contributed by atoms with Crippen LogP contribution in [0.2, 0.25) is 0 Å². The normalized spacial score (nSPS) is 26.2. The molecule has 178 valence electrons. The number of hydrogen-bond donors (Lipinski definition) is 1. The van der Waals surface area contributed by atoms with Crippen LogP contribution in [0.5, 0.6) is 0 Å². The van der Waals surface area contributed by atoms with E-state index >= 15 is 0 Å². The summed E-state index contributed by atoms with van der Waals surface area (Å²) >= 11 is 0. The average molecular weight is 465 g/mol. The Hall–Kier alpha value is -3.39. The maximum Gasteiger partial charge on any atom is 0.410 e. The number of aliphatic hydroxyl groups is 1. The van der Waals surface area contributed by atoms with Crippen molar-refractivity contribution in [3.8, 4) is 0 Å². The molecule has 0 saturated carbocycles. The van der Waals surface area contributed by atoms with Crippen molar-refractivity contribution in [3.05, 3.63) is 71.3 Å². The van der Waals surface area contributed by atoms with E-state index in [0.717, 1.165) is 18.4 Å². The second-order valence-electron chi connectivity index (χ2n) is 9.21. The van der Waals surface area contributed by atoms with E-state index in [1.807, 2.05) is 30.3 Å². The number of nitrogens with zero attached hydrogens (tertiary/aromatic N) is 2. The maximum absolute atomic E-state index is 13.2. The third kappa shape index (κ3) is 3.81. The smallest absolute Gasteiger partial charge is 0.410 e. The Morgan fingerprint density at radius 2 is 1.68 bits per heavy atom. The monoisotopic (exact) mass is 464 g/mol. The Balaban J connectivity index is 1.33. The fraction of sp³-hybridized carbons (Fsp3) is 0.423. The summed E-state index contributed by atoms with van der Waals surface area (Å²) in [4.78, 5) is 42.0. The molecule has 3 aliphatic heterocycles. The molecule has 3 aliphatic rings. The lowest BCUT2D eigenvalue weighted by Crippen LogP contribution is -2.55. The number of esters is 1. The zero-order valence-electron chi connectivity index (χ0n) is 19.0. The van der Waals surface area contributed by atoms with Gasteiger partial charge in [-0.2, -0.15) is 0 Å². The summed E-state index contributed by atoms with van der Waals surface area (Å²) in [5, 5.41) is 10.9. The van der Waals surface area contributed by atoms with Crippen molar-refractivity contribution in [1.82, 2.24) is 9.80 Å². The largest absolute Gasteiger partial charge is 0.467 e. The van der Waals surface area contributed by atoms with Crippen molar-refractivity contribution in [3.63, 3.8) is 0 Å². The number of hydrogen-bond acceptors (Lipinski definition) is 6. The molecule has 0 aromatic heterocycles. The van der Waals surface area contributed by atoms with Gasteiger partial charge in [-0.05, 0) is 43.2 Å². The van der Waals surface area contributed by atoms with Crippen LogP contribution >= 0.6 is 0 Å². The highest BCUT2D eigenvalue weighted by atomic mass is 16.6. The third-order valence-corrected chi connectivity index (χ3v) is 7.34. The van der Waals surface area contributed by atoms with Gasteiger partial charge in [-0.1, -0.05) is 48.5 Å². The summed E-state index contributed by atoms with van der Waals surface area (Å²) in [7, 11) is 1.29. The van der Waals surface area contributed by atoms with E-state index in [1.165, 1.54) is 12.0 Å². The van der Waals surface area contributed by atoms with Crippen LogP contribution in [0.4, 0.5) is 4.79 Å². The molecular formula is C26H28N2O6. The van der Waals surface area contributed by atoms with Gasteiger partial charge in [-0.3, -0.25) is 9.69 Å². The molecule has 8 heteroatoms. The van der Waals surface area contributed by atoms with Gasteiger partial charge in [0.25, 0.3) is 5.91 Å². The predicted octanol–water partition coefficient (Wildman–Crippen LogP) is 3.25. The van der Waals surface area contributed by atoms with Crippen LogP contribution in [-0.2, 0) is 20.9 Å². The van der Waals surface area contributed by atoms with Crippen molar-refractivity contribution in [2.24, 2.45) is 5.92 Å². The molecule has 2 amide bonds. The van der Waals surface area contributed by atoms with Crippen LogP contribution in [0, 0.1) is 5.92 Å². The number of carbonyl (C=O) groups is 3. The summed E-state index contributed by atoms with van der Waals surface area (Å²) in [6.07, 6.45) is 1.12. The van der Waals surface area contributed by atoms with E-state index < -0.39 is 18.2 Å². The molecule has 2 saturated heterocycles. The van der Waals surface area contributed by atoms with Gasteiger partial charge in [0.2, 0.25) is 0 Å². The highest BCUT2D eigenvalue weighted by molar-refractivity contribution is 6.01. The number of rotatable bonds is 5. The van der Waals surface area contributed by atoms with E-state index in [4.69, 9.17) is 9.47 Å². The van der Waals surface area contributed by atoms with E-state index in [-0.39, 0.29) is 36.6 Å². The van der Waals surface area contributed by atoms with E-state index in [9.17, 15) is 19.5 Å². The number of fused-ring (bicyclic) bond motifs is 3. The molecule has 0 aliphatic carbocycles. The highest BCUT2D eigenvalue weighted by Crippen LogP contribution is 2.44. The highest BCUT2D eigenvalue weighted by Gasteiger charge is 2.52. The number of aliphatic hydroxyl groups excluding tert-OH is 1. The lowest BCUT2D eigenvalue weighted by atomic mass is 9.84. The molecule has 5 rings (SSSR count). The van der Waals surface area contributed by atoms with Gasteiger partial charge in [-0.15, -0.1) is 0 Å². The van der Waals surface area contributed by atoms with Gasteiger partial charge >= 0.3 is 12.1 Å². The Bertz CT molecular complexity index is 1080. The molecule has 2 fully saturated rings. The lowest BCUT2D eigenvalue weighted by Gasteiger charge is -2.42. The zero-order chi connectivity index (χ0) is 23.8. The van der Waals surface area contributed by atoms with Crippen LogP contribution in [0.3, 0.4) is 0 Å². The second kappa shape index (κ2) is 9.10. The van der Waals surface area contributed by atoms with E-state index in [0.29, 0.717) is 24.0 Å². The number of ether oxygens (including phenoxy) is 2. The molecule has 8 nitrogen and oxygen atoms in total.